The fourth-order valence-electron chi connectivity index (χ4n) is 3.98. The van der Waals surface area contributed by atoms with Crippen molar-refractivity contribution in [3.8, 4) is 0 Å². The van der Waals surface area contributed by atoms with Gasteiger partial charge < -0.3 is 10.5 Å². The van der Waals surface area contributed by atoms with Crippen LogP contribution in [-0.2, 0) is 4.74 Å². The van der Waals surface area contributed by atoms with Crippen molar-refractivity contribution >= 4 is 0 Å². The lowest BCUT2D eigenvalue weighted by atomic mass is 10.0. The molecule has 0 aromatic heterocycles. The van der Waals surface area contributed by atoms with Crippen LogP contribution < -0.4 is 5.73 Å². The van der Waals surface area contributed by atoms with E-state index in [1.54, 1.807) is 0 Å². The molecule has 4 atom stereocenters. The van der Waals surface area contributed by atoms with Gasteiger partial charge in [0.25, 0.3) is 0 Å². The van der Waals surface area contributed by atoms with E-state index in [0.29, 0.717) is 12.1 Å². The first-order valence-electron chi connectivity index (χ1n) is 6.94. The normalized spacial score (nSPS) is 41.4. The quantitative estimate of drug-likeness (QED) is 0.783. The Hall–Kier alpha value is -0.120. The third-order valence-electron chi connectivity index (χ3n) is 4.86. The average Bonchev–Trinajstić information content (AvgIpc) is 2.91. The highest BCUT2D eigenvalue weighted by atomic mass is 16.5. The zero-order chi connectivity index (χ0) is 11.0. The lowest BCUT2D eigenvalue weighted by Gasteiger charge is -2.31. The van der Waals surface area contributed by atoms with Gasteiger partial charge in [-0.25, -0.2) is 0 Å². The van der Waals surface area contributed by atoms with Gasteiger partial charge in [-0.05, 0) is 37.5 Å². The van der Waals surface area contributed by atoms with E-state index in [9.17, 15) is 0 Å². The largest absolute Gasteiger partial charge is 0.377 e. The van der Waals surface area contributed by atoms with Crippen LogP contribution in [0.1, 0.15) is 32.1 Å². The van der Waals surface area contributed by atoms with E-state index >= 15 is 0 Å². The van der Waals surface area contributed by atoms with Crippen LogP contribution in [0.4, 0.5) is 0 Å². The van der Waals surface area contributed by atoms with E-state index in [2.05, 4.69) is 4.90 Å². The third-order valence-corrected chi connectivity index (χ3v) is 4.86. The minimum absolute atomic E-state index is 0.420. The topological polar surface area (TPSA) is 38.5 Å². The van der Waals surface area contributed by atoms with Crippen LogP contribution in [0.25, 0.3) is 0 Å². The summed E-state index contributed by atoms with van der Waals surface area (Å²) in [6, 6.07) is 0.494. The summed E-state index contributed by atoms with van der Waals surface area (Å²) in [6.07, 6.45) is 7.21. The predicted octanol–water partition coefficient (Wildman–Crippen LogP) is 1.22. The molecule has 16 heavy (non-hydrogen) atoms. The van der Waals surface area contributed by atoms with E-state index in [0.717, 1.165) is 25.0 Å². The van der Waals surface area contributed by atoms with E-state index < -0.39 is 0 Å². The molecule has 2 aliphatic heterocycles. The fraction of sp³-hybridized carbons (Fsp3) is 1.00. The lowest BCUT2D eigenvalue weighted by molar-refractivity contribution is 0.0336. The predicted molar refractivity (Wildman–Crippen MR) is 64.2 cm³/mol. The van der Waals surface area contributed by atoms with E-state index in [-0.39, 0.29) is 0 Å². The second-order valence-corrected chi connectivity index (χ2v) is 5.76. The number of nitrogens with zero attached hydrogens (tertiary/aromatic N) is 1. The van der Waals surface area contributed by atoms with E-state index in [1.807, 2.05) is 0 Å². The summed E-state index contributed by atoms with van der Waals surface area (Å²) in [6.45, 7) is 4.28. The van der Waals surface area contributed by atoms with Crippen molar-refractivity contribution in [3.05, 3.63) is 0 Å². The van der Waals surface area contributed by atoms with Gasteiger partial charge in [0.15, 0.2) is 0 Å². The molecule has 3 aliphatic rings. The maximum absolute atomic E-state index is 5.96. The van der Waals surface area contributed by atoms with Crippen molar-refractivity contribution in [1.29, 1.82) is 0 Å². The molecule has 1 aliphatic carbocycles. The van der Waals surface area contributed by atoms with Gasteiger partial charge >= 0.3 is 0 Å². The molecule has 0 amide bonds. The fourth-order valence-corrected chi connectivity index (χ4v) is 3.98. The van der Waals surface area contributed by atoms with Gasteiger partial charge in [0.05, 0.1) is 6.10 Å². The molecule has 0 radical (unpaired) electrons. The van der Waals surface area contributed by atoms with Crippen molar-refractivity contribution in [2.75, 3.05) is 26.2 Å². The van der Waals surface area contributed by atoms with Gasteiger partial charge in [-0.2, -0.15) is 0 Å². The number of likely N-dealkylation sites (tertiary alicyclic amines) is 1. The van der Waals surface area contributed by atoms with Crippen molar-refractivity contribution in [1.82, 2.24) is 4.90 Å². The van der Waals surface area contributed by atoms with Gasteiger partial charge in [-0.15, -0.1) is 0 Å². The standard InChI is InChI=1S/C13H24N2O/c14-7-12(13-5-2-6-16-13)15-8-10-3-1-4-11(10)9-15/h10-13H,1-9,14H2. The third kappa shape index (κ3) is 1.89. The molecule has 2 N–H and O–H groups in total. The minimum atomic E-state index is 0.420. The van der Waals surface area contributed by atoms with Crippen molar-refractivity contribution < 1.29 is 4.74 Å². The Labute approximate surface area is 98.3 Å². The molecule has 0 spiro atoms. The molecule has 3 nitrogen and oxygen atoms in total. The molecular formula is C13H24N2O. The molecule has 0 aromatic carbocycles. The Kier molecular flexibility index (Phi) is 3.18. The number of hydrogen-bond donors (Lipinski definition) is 1. The summed E-state index contributed by atoms with van der Waals surface area (Å²) >= 11 is 0. The van der Waals surface area contributed by atoms with Crippen LogP contribution in [0.2, 0.25) is 0 Å². The van der Waals surface area contributed by atoms with Crippen LogP contribution in [-0.4, -0.2) is 43.3 Å². The Morgan fingerprint density at radius 3 is 2.44 bits per heavy atom. The highest BCUT2D eigenvalue weighted by Crippen LogP contribution is 2.39. The smallest absolute Gasteiger partial charge is 0.0743 e. The molecule has 2 saturated heterocycles. The molecule has 4 unspecified atom stereocenters. The van der Waals surface area contributed by atoms with Gasteiger partial charge in [0, 0.05) is 32.3 Å². The van der Waals surface area contributed by atoms with Crippen LogP contribution >= 0.6 is 0 Å². The Balaban J connectivity index is 1.62. The van der Waals surface area contributed by atoms with Gasteiger partial charge in [-0.3, -0.25) is 4.90 Å². The second kappa shape index (κ2) is 4.63. The van der Waals surface area contributed by atoms with Gasteiger partial charge in [-0.1, -0.05) is 6.42 Å². The summed E-state index contributed by atoms with van der Waals surface area (Å²) in [5.41, 5.74) is 5.96. The molecule has 3 heteroatoms. The first-order valence-corrected chi connectivity index (χ1v) is 6.94. The SMILES string of the molecule is NCC(C1CCCO1)N1CC2CCCC2C1. The van der Waals surface area contributed by atoms with Crippen molar-refractivity contribution in [2.24, 2.45) is 17.6 Å². The molecule has 1 saturated carbocycles. The first-order chi connectivity index (χ1) is 7.88. The number of hydrogen-bond acceptors (Lipinski definition) is 3. The summed E-state index contributed by atoms with van der Waals surface area (Å²) < 4.78 is 5.82. The maximum atomic E-state index is 5.96. The van der Waals surface area contributed by atoms with E-state index in [1.165, 1.54) is 45.2 Å². The Morgan fingerprint density at radius 1 is 1.12 bits per heavy atom. The summed E-state index contributed by atoms with van der Waals surface area (Å²) in [5, 5.41) is 0. The van der Waals surface area contributed by atoms with Gasteiger partial charge in [0.2, 0.25) is 0 Å². The summed E-state index contributed by atoms with van der Waals surface area (Å²) in [5.74, 6) is 1.94. The molecule has 92 valence electrons. The van der Waals surface area contributed by atoms with Crippen LogP contribution in [0.3, 0.4) is 0 Å². The number of nitrogens with two attached hydrogens (primary N) is 1. The Morgan fingerprint density at radius 2 is 1.88 bits per heavy atom. The molecule has 0 aromatic rings. The summed E-state index contributed by atoms with van der Waals surface area (Å²) in [7, 11) is 0. The first kappa shape index (κ1) is 11.0. The summed E-state index contributed by atoms with van der Waals surface area (Å²) in [4.78, 5) is 2.63. The minimum Gasteiger partial charge on any atom is -0.377 e. The number of rotatable bonds is 3. The zero-order valence-corrected chi connectivity index (χ0v) is 10.1. The highest BCUT2D eigenvalue weighted by Gasteiger charge is 2.41. The lowest BCUT2D eigenvalue weighted by Crippen LogP contribution is -2.47. The molecular weight excluding hydrogens is 200 g/mol. The van der Waals surface area contributed by atoms with Crippen LogP contribution in [0, 0.1) is 11.8 Å². The average molecular weight is 224 g/mol. The molecule has 3 rings (SSSR count). The highest BCUT2D eigenvalue weighted by molar-refractivity contribution is 4.94. The second-order valence-electron chi connectivity index (χ2n) is 5.76. The van der Waals surface area contributed by atoms with Crippen molar-refractivity contribution in [2.45, 2.75) is 44.2 Å². The number of fused-ring (bicyclic) bond motifs is 1. The van der Waals surface area contributed by atoms with Gasteiger partial charge in [0.1, 0.15) is 0 Å². The van der Waals surface area contributed by atoms with Crippen LogP contribution in [0.15, 0.2) is 0 Å². The Bertz CT molecular complexity index is 228. The molecule has 0 bridgehead atoms. The molecule has 3 fully saturated rings. The van der Waals surface area contributed by atoms with Crippen molar-refractivity contribution in [3.63, 3.8) is 0 Å². The molecule has 2 heterocycles. The monoisotopic (exact) mass is 224 g/mol. The van der Waals surface area contributed by atoms with Crippen LogP contribution in [0.5, 0.6) is 0 Å². The number of ether oxygens (including phenoxy) is 1. The van der Waals surface area contributed by atoms with E-state index in [4.69, 9.17) is 10.5 Å². The zero-order valence-electron chi connectivity index (χ0n) is 10.1. The maximum Gasteiger partial charge on any atom is 0.0743 e.